The van der Waals surface area contributed by atoms with E-state index in [1.165, 1.54) is 4.31 Å². The third kappa shape index (κ3) is 4.08. The lowest BCUT2D eigenvalue weighted by molar-refractivity contribution is 0.214. The minimum atomic E-state index is -3.43. The van der Waals surface area contributed by atoms with Gasteiger partial charge in [0.25, 0.3) is 0 Å². The molecular formula is C16H16BrClN2O3S. The van der Waals surface area contributed by atoms with E-state index in [2.05, 4.69) is 20.9 Å². The zero-order valence-electron chi connectivity index (χ0n) is 12.7. The van der Waals surface area contributed by atoms with E-state index in [1.54, 1.807) is 42.7 Å². The molecule has 0 spiro atoms. The average Bonchev–Trinajstić information content (AvgIpc) is 3.01. The van der Waals surface area contributed by atoms with Gasteiger partial charge in [0.1, 0.15) is 11.9 Å². The summed E-state index contributed by atoms with van der Waals surface area (Å²) in [7, 11) is -3.43. The summed E-state index contributed by atoms with van der Waals surface area (Å²) >= 11 is 9.45. The first-order chi connectivity index (χ1) is 11.5. The Bertz CT molecular complexity index is 832. The highest BCUT2D eigenvalue weighted by molar-refractivity contribution is 9.10. The lowest BCUT2D eigenvalue weighted by Gasteiger charge is -2.18. The molecule has 0 bridgehead atoms. The molecule has 24 heavy (non-hydrogen) atoms. The second kappa shape index (κ2) is 7.39. The third-order valence-corrected chi connectivity index (χ3v) is 6.58. The third-order valence-electron chi connectivity index (χ3n) is 3.83. The number of ether oxygens (including phenoxy) is 1. The van der Waals surface area contributed by atoms with E-state index in [-0.39, 0.29) is 11.9 Å². The van der Waals surface area contributed by atoms with Gasteiger partial charge in [0.05, 0.1) is 16.8 Å². The summed E-state index contributed by atoms with van der Waals surface area (Å²) in [6.45, 7) is 0.779. The van der Waals surface area contributed by atoms with Gasteiger partial charge >= 0.3 is 0 Å². The van der Waals surface area contributed by atoms with E-state index in [9.17, 15) is 8.42 Å². The highest BCUT2D eigenvalue weighted by Gasteiger charge is 2.33. The van der Waals surface area contributed by atoms with Crippen LogP contribution >= 0.6 is 27.5 Å². The van der Waals surface area contributed by atoms with E-state index < -0.39 is 10.0 Å². The van der Waals surface area contributed by atoms with Gasteiger partial charge in [-0.15, -0.1) is 0 Å². The van der Waals surface area contributed by atoms with Crippen molar-refractivity contribution in [3.63, 3.8) is 0 Å². The Morgan fingerprint density at radius 2 is 2.12 bits per heavy atom. The Kier molecular flexibility index (Phi) is 5.44. The Balaban J connectivity index is 1.66. The van der Waals surface area contributed by atoms with Crippen molar-refractivity contribution in [3.8, 4) is 5.75 Å². The Morgan fingerprint density at radius 1 is 1.33 bits per heavy atom. The van der Waals surface area contributed by atoms with Crippen LogP contribution in [0.3, 0.4) is 0 Å². The van der Waals surface area contributed by atoms with Gasteiger partial charge in [-0.25, -0.2) is 8.42 Å². The maximum absolute atomic E-state index is 12.6. The maximum Gasteiger partial charge on any atom is 0.218 e. The summed E-state index contributed by atoms with van der Waals surface area (Å²) in [6.07, 6.45) is 3.76. The number of hydrogen-bond acceptors (Lipinski definition) is 4. The van der Waals surface area contributed by atoms with Crippen LogP contribution in [0.2, 0.25) is 5.02 Å². The molecule has 2 heterocycles. The fourth-order valence-electron chi connectivity index (χ4n) is 2.59. The Morgan fingerprint density at radius 3 is 2.88 bits per heavy atom. The molecule has 5 nitrogen and oxygen atoms in total. The SMILES string of the molecule is O=S(=O)(Cc1ccccc1Cl)N1CCC(Oc2ccncc2Br)C1. The van der Waals surface area contributed by atoms with Crippen LogP contribution in [0.15, 0.2) is 47.2 Å². The quantitative estimate of drug-likeness (QED) is 0.727. The van der Waals surface area contributed by atoms with Crippen LogP contribution in [-0.2, 0) is 15.8 Å². The molecule has 1 aromatic carbocycles. The van der Waals surface area contributed by atoms with Gasteiger partial charge in [-0.2, -0.15) is 4.31 Å². The van der Waals surface area contributed by atoms with Gasteiger partial charge in [-0.1, -0.05) is 29.8 Å². The number of benzene rings is 1. The van der Waals surface area contributed by atoms with Crippen LogP contribution < -0.4 is 4.74 Å². The molecule has 1 fully saturated rings. The zero-order valence-corrected chi connectivity index (χ0v) is 15.9. The van der Waals surface area contributed by atoms with Crippen LogP contribution in [0.5, 0.6) is 5.75 Å². The fraction of sp³-hybridized carbons (Fsp3) is 0.312. The minimum absolute atomic E-state index is 0.0989. The molecule has 0 radical (unpaired) electrons. The predicted molar refractivity (Wildman–Crippen MR) is 96.6 cm³/mol. The number of nitrogens with zero attached hydrogens (tertiary/aromatic N) is 2. The molecule has 0 N–H and O–H groups in total. The van der Waals surface area contributed by atoms with Gasteiger partial charge in [-0.05, 0) is 40.0 Å². The summed E-state index contributed by atoms with van der Waals surface area (Å²) < 4.78 is 33.3. The molecule has 1 aliphatic rings. The molecule has 3 rings (SSSR count). The van der Waals surface area contributed by atoms with Gasteiger partial charge in [-0.3, -0.25) is 4.98 Å². The number of rotatable bonds is 5. The van der Waals surface area contributed by atoms with Crippen molar-refractivity contribution >= 4 is 37.6 Å². The summed E-state index contributed by atoms with van der Waals surface area (Å²) in [6, 6.07) is 8.75. The minimum Gasteiger partial charge on any atom is -0.488 e. The van der Waals surface area contributed by atoms with Crippen molar-refractivity contribution in [1.82, 2.24) is 9.29 Å². The van der Waals surface area contributed by atoms with Crippen molar-refractivity contribution in [2.75, 3.05) is 13.1 Å². The zero-order chi connectivity index (χ0) is 17.2. The first-order valence-electron chi connectivity index (χ1n) is 7.43. The number of aromatic nitrogens is 1. The van der Waals surface area contributed by atoms with Gasteiger partial charge in [0.15, 0.2) is 0 Å². The van der Waals surface area contributed by atoms with E-state index in [4.69, 9.17) is 16.3 Å². The number of halogens is 2. The molecule has 0 amide bonds. The normalized spacial score (nSPS) is 18.7. The summed E-state index contributed by atoms with van der Waals surface area (Å²) in [5.74, 6) is 0.568. The first-order valence-corrected chi connectivity index (χ1v) is 10.2. The highest BCUT2D eigenvalue weighted by Crippen LogP contribution is 2.28. The van der Waals surface area contributed by atoms with E-state index in [1.807, 2.05) is 0 Å². The summed E-state index contributed by atoms with van der Waals surface area (Å²) in [5.41, 5.74) is 0.611. The van der Waals surface area contributed by atoms with E-state index >= 15 is 0 Å². The van der Waals surface area contributed by atoms with Gasteiger partial charge in [0.2, 0.25) is 10.0 Å². The lowest BCUT2D eigenvalue weighted by atomic mass is 10.2. The summed E-state index contributed by atoms with van der Waals surface area (Å²) in [5, 5.41) is 0.466. The van der Waals surface area contributed by atoms with Gasteiger partial charge in [0, 0.05) is 24.0 Å². The lowest BCUT2D eigenvalue weighted by Crippen LogP contribution is -2.32. The van der Waals surface area contributed by atoms with Crippen LogP contribution in [0, 0.1) is 0 Å². The fourth-order valence-corrected chi connectivity index (χ4v) is 4.82. The Labute approximate surface area is 154 Å². The second-order valence-corrected chi connectivity index (χ2v) is 8.77. The molecule has 128 valence electrons. The van der Waals surface area contributed by atoms with Crippen LogP contribution in [-0.4, -0.2) is 36.9 Å². The molecule has 0 aliphatic carbocycles. The average molecular weight is 432 g/mol. The smallest absolute Gasteiger partial charge is 0.218 e. The van der Waals surface area contributed by atoms with Crippen molar-refractivity contribution < 1.29 is 13.2 Å². The maximum atomic E-state index is 12.6. The molecule has 1 unspecified atom stereocenters. The largest absolute Gasteiger partial charge is 0.488 e. The van der Waals surface area contributed by atoms with Crippen molar-refractivity contribution in [3.05, 3.63) is 57.8 Å². The molecule has 8 heteroatoms. The van der Waals surface area contributed by atoms with Crippen LogP contribution in [0.4, 0.5) is 0 Å². The van der Waals surface area contributed by atoms with Crippen molar-refractivity contribution in [2.45, 2.75) is 18.3 Å². The number of hydrogen-bond donors (Lipinski definition) is 0. The molecule has 2 aromatic rings. The highest BCUT2D eigenvalue weighted by atomic mass is 79.9. The second-order valence-electron chi connectivity index (χ2n) is 5.54. The molecule has 0 saturated carbocycles. The molecular weight excluding hydrogens is 416 g/mol. The van der Waals surface area contributed by atoms with Crippen molar-refractivity contribution in [1.29, 1.82) is 0 Å². The monoisotopic (exact) mass is 430 g/mol. The number of pyridine rings is 1. The van der Waals surface area contributed by atoms with Crippen molar-refractivity contribution in [2.24, 2.45) is 0 Å². The molecule has 1 aromatic heterocycles. The Hall–Kier alpha value is -1.15. The van der Waals surface area contributed by atoms with Crippen LogP contribution in [0.1, 0.15) is 12.0 Å². The molecule has 1 aliphatic heterocycles. The standard InChI is InChI=1S/C16H16BrClN2O3S/c17-14-9-19-7-5-16(14)23-13-6-8-20(10-13)24(21,22)11-12-3-1-2-4-15(12)18/h1-5,7,9,13H,6,8,10-11H2. The summed E-state index contributed by atoms with van der Waals surface area (Å²) in [4.78, 5) is 3.98. The first kappa shape index (κ1) is 17.7. The van der Waals surface area contributed by atoms with E-state index in [0.717, 1.165) is 4.47 Å². The molecule has 1 atom stereocenters. The molecule has 1 saturated heterocycles. The van der Waals surface area contributed by atoms with E-state index in [0.29, 0.717) is 35.8 Å². The van der Waals surface area contributed by atoms with Crippen LogP contribution in [0.25, 0.3) is 0 Å². The predicted octanol–water partition coefficient (Wildman–Crippen LogP) is 3.48. The topological polar surface area (TPSA) is 59.5 Å². The van der Waals surface area contributed by atoms with Gasteiger partial charge < -0.3 is 4.74 Å². The number of sulfonamides is 1.